The summed E-state index contributed by atoms with van der Waals surface area (Å²) in [6.45, 7) is 6.78. The Morgan fingerprint density at radius 1 is 1.46 bits per heavy atom. The van der Waals surface area contributed by atoms with E-state index in [2.05, 4.69) is 18.6 Å². The van der Waals surface area contributed by atoms with Gasteiger partial charge in [-0.1, -0.05) is 25.8 Å². The van der Waals surface area contributed by atoms with Crippen molar-refractivity contribution in [2.24, 2.45) is 5.92 Å². The van der Waals surface area contributed by atoms with Crippen LogP contribution in [0.4, 0.5) is 5.69 Å². The first-order valence-electron chi connectivity index (χ1n) is 8.96. The SMILES string of the molecule is C=CCCC1CCc2nc3c(cnn3CCCCC)c(N)c2C1=O. The molecule has 0 amide bonds. The molecule has 0 saturated carbocycles. The maximum atomic E-state index is 12.8. The van der Waals surface area contributed by atoms with Crippen molar-refractivity contribution in [1.29, 1.82) is 0 Å². The summed E-state index contributed by atoms with van der Waals surface area (Å²) >= 11 is 0. The van der Waals surface area contributed by atoms with Crippen LogP contribution in [0.2, 0.25) is 0 Å². The van der Waals surface area contributed by atoms with E-state index >= 15 is 0 Å². The van der Waals surface area contributed by atoms with E-state index in [1.165, 1.54) is 12.8 Å². The Labute approximate surface area is 142 Å². The largest absolute Gasteiger partial charge is 0.397 e. The molecule has 0 radical (unpaired) electrons. The number of carbonyl (C=O) groups is 1. The number of ketones is 1. The monoisotopic (exact) mass is 326 g/mol. The molecule has 2 heterocycles. The number of fused-ring (bicyclic) bond motifs is 2. The molecule has 0 bridgehead atoms. The molecular weight excluding hydrogens is 300 g/mol. The summed E-state index contributed by atoms with van der Waals surface area (Å²) in [4.78, 5) is 17.6. The lowest BCUT2D eigenvalue weighted by molar-refractivity contribution is 0.0895. The third-order valence-corrected chi connectivity index (χ3v) is 4.94. The van der Waals surface area contributed by atoms with Crippen LogP contribution in [0.3, 0.4) is 0 Å². The van der Waals surface area contributed by atoms with Gasteiger partial charge in [-0.05, 0) is 32.1 Å². The van der Waals surface area contributed by atoms with Crippen molar-refractivity contribution < 1.29 is 4.79 Å². The normalized spacial score (nSPS) is 17.2. The van der Waals surface area contributed by atoms with E-state index in [0.29, 0.717) is 11.3 Å². The highest BCUT2D eigenvalue weighted by Gasteiger charge is 2.31. The van der Waals surface area contributed by atoms with Crippen molar-refractivity contribution in [3.05, 3.63) is 30.1 Å². The number of aromatic nitrogens is 3. The van der Waals surface area contributed by atoms with E-state index < -0.39 is 0 Å². The van der Waals surface area contributed by atoms with Crippen molar-refractivity contribution in [2.75, 3.05) is 5.73 Å². The molecule has 0 fully saturated rings. The summed E-state index contributed by atoms with van der Waals surface area (Å²) in [7, 11) is 0. The number of pyridine rings is 1. The van der Waals surface area contributed by atoms with Gasteiger partial charge in [0.05, 0.1) is 28.5 Å². The molecule has 24 heavy (non-hydrogen) atoms. The minimum Gasteiger partial charge on any atom is -0.397 e. The smallest absolute Gasteiger partial charge is 0.169 e. The van der Waals surface area contributed by atoms with Crippen LogP contribution in [0.5, 0.6) is 0 Å². The molecule has 128 valence electrons. The third kappa shape index (κ3) is 2.95. The molecule has 0 aliphatic heterocycles. The molecule has 2 aromatic rings. The summed E-state index contributed by atoms with van der Waals surface area (Å²) in [5, 5.41) is 5.25. The van der Waals surface area contributed by atoms with Crippen molar-refractivity contribution in [2.45, 2.75) is 58.4 Å². The quantitative estimate of drug-likeness (QED) is 0.618. The summed E-state index contributed by atoms with van der Waals surface area (Å²) < 4.78 is 1.93. The van der Waals surface area contributed by atoms with Gasteiger partial charge in [0.1, 0.15) is 0 Å². The van der Waals surface area contributed by atoms with E-state index in [-0.39, 0.29) is 11.7 Å². The molecule has 1 atom stereocenters. The Morgan fingerprint density at radius 3 is 3.04 bits per heavy atom. The minimum atomic E-state index is 0.0386. The highest BCUT2D eigenvalue weighted by molar-refractivity contribution is 6.09. The molecule has 2 aromatic heterocycles. The first-order chi connectivity index (χ1) is 11.7. The van der Waals surface area contributed by atoms with E-state index in [9.17, 15) is 4.79 Å². The Morgan fingerprint density at radius 2 is 2.29 bits per heavy atom. The van der Waals surface area contributed by atoms with Gasteiger partial charge >= 0.3 is 0 Å². The fourth-order valence-electron chi connectivity index (χ4n) is 3.53. The Bertz CT molecular complexity index is 762. The second-order valence-electron chi connectivity index (χ2n) is 6.63. The number of nitrogens with zero attached hydrogens (tertiary/aromatic N) is 3. The van der Waals surface area contributed by atoms with Crippen LogP contribution >= 0.6 is 0 Å². The predicted octanol–water partition coefficient (Wildman–Crippen LogP) is 3.92. The van der Waals surface area contributed by atoms with Gasteiger partial charge in [-0.15, -0.1) is 6.58 Å². The van der Waals surface area contributed by atoms with Gasteiger partial charge in [-0.25, -0.2) is 9.67 Å². The Balaban J connectivity index is 1.95. The standard InChI is InChI=1S/C19H26N4O/c1-3-5-7-11-23-19-14(12-21-23)17(20)16-15(22-19)10-9-13(18(16)24)8-6-4-2/h4,12-13H,2-3,5-11H2,1H3,(H2,20,22). The third-order valence-electron chi connectivity index (χ3n) is 4.94. The maximum Gasteiger partial charge on any atom is 0.169 e. The summed E-state index contributed by atoms with van der Waals surface area (Å²) in [5.74, 6) is 0.181. The fraction of sp³-hybridized carbons (Fsp3) is 0.526. The molecule has 0 saturated heterocycles. The average Bonchev–Trinajstić information content (AvgIpc) is 2.98. The lowest BCUT2D eigenvalue weighted by Gasteiger charge is -2.23. The van der Waals surface area contributed by atoms with E-state index in [4.69, 9.17) is 10.7 Å². The average molecular weight is 326 g/mol. The number of aryl methyl sites for hydroxylation is 2. The number of carbonyl (C=O) groups excluding carboxylic acids is 1. The lowest BCUT2D eigenvalue weighted by Crippen LogP contribution is -2.25. The van der Waals surface area contributed by atoms with Crippen LogP contribution in [0.1, 0.15) is 61.5 Å². The number of allylic oxidation sites excluding steroid dienone is 1. The van der Waals surface area contributed by atoms with Crippen LogP contribution in [-0.2, 0) is 13.0 Å². The fourth-order valence-corrected chi connectivity index (χ4v) is 3.53. The molecule has 1 aliphatic carbocycles. The molecule has 5 heteroatoms. The summed E-state index contributed by atoms with van der Waals surface area (Å²) in [6, 6.07) is 0. The molecule has 1 unspecified atom stereocenters. The van der Waals surface area contributed by atoms with Crippen LogP contribution in [0.15, 0.2) is 18.9 Å². The van der Waals surface area contributed by atoms with Crippen molar-refractivity contribution in [3.8, 4) is 0 Å². The zero-order valence-electron chi connectivity index (χ0n) is 14.4. The number of hydrogen-bond donors (Lipinski definition) is 1. The molecule has 2 N–H and O–H groups in total. The van der Waals surface area contributed by atoms with Crippen LogP contribution in [0.25, 0.3) is 11.0 Å². The topological polar surface area (TPSA) is 73.8 Å². The second kappa shape index (κ2) is 7.16. The van der Waals surface area contributed by atoms with Crippen molar-refractivity contribution in [1.82, 2.24) is 14.8 Å². The Kier molecular flexibility index (Phi) is 4.97. The van der Waals surface area contributed by atoms with Gasteiger partial charge in [0.15, 0.2) is 11.4 Å². The molecular formula is C19H26N4O. The zero-order chi connectivity index (χ0) is 17.1. The molecule has 0 aromatic carbocycles. The molecule has 3 rings (SSSR count). The van der Waals surface area contributed by atoms with Crippen molar-refractivity contribution >= 4 is 22.5 Å². The molecule has 1 aliphatic rings. The number of anilines is 1. The lowest BCUT2D eigenvalue weighted by atomic mass is 9.81. The Hall–Kier alpha value is -2.17. The van der Waals surface area contributed by atoms with E-state index in [1.54, 1.807) is 6.20 Å². The van der Waals surface area contributed by atoms with Gasteiger partial charge < -0.3 is 5.73 Å². The number of hydrogen-bond acceptors (Lipinski definition) is 4. The summed E-state index contributed by atoms with van der Waals surface area (Å²) in [6.07, 6.45) is 10.4. The van der Waals surface area contributed by atoms with Crippen LogP contribution in [0, 0.1) is 5.92 Å². The number of Topliss-reactive ketones (excluding diaryl/α,β-unsaturated/α-hetero) is 1. The first kappa shape index (κ1) is 16.7. The van der Waals surface area contributed by atoms with Gasteiger partial charge in [-0.3, -0.25) is 4.79 Å². The highest BCUT2D eigenvalue weighted by Crippen LogP contribution is 2.34. The zero-order valence-corrected chi connectivity index (χ0v) is 14.4. The number of rotatable bonds is 7. The number of nitrogens with two attached hydrogens (primary N) is 1. The van der Waals surface area contributed by atoms with Gasteiger partial charge in [0.25, 0.3) is 0 Å². The van der Waals surface area contributed by atoms with Gasteiger partial charge in [-0.2, -0.15) is 5.10 Å². The van der Waals surface area contributed by atoms with E-state index in [0.717, 1.165) is 55.4 Å². The van der Waals surface area contributed by atoms with Crippen LogP contribution in [-0.4, -0.2) is 20.5 Å². The van der Waals surface area contributed by atoms with Gasteiger partial charge in [0.2, 0.25) is 0 Å². The second-order valence-corrected chi connectivity index (χ2v) is 6.63. The predicted molar refractivity (Wildman–Crippen MR) is 97.0 cm³/mol. The minimum absolute atomic E-state index is 0.0386. The number of unbranched alkanes of at least 4 members (excludes halogenated alkanes) is 2. The molecule has 5 nitrogen and oxygen atoms in total. The molecule has 0 spiro atoms. The first-order valence-corrected chi connectivity index (χ1v) is 8.96. The van der Waals surface area contributed by atoms with Gasteiger partial charge in [0, 0.05) is 12.5 Å². The highest BCUT2D eigenvalue weighted by atomic mass is 16.1. The maximum absolute atomic E-state index is 12.8. The number of nitrogen functional groups attached to an aromatic ring is 1. The van der Waals surface area contributed by atoms with E-state index in [1.807, 2.05) is 10.8 Å². The van der Waals surface area contributed by atoms with Crippen molar-refractivity contribution in [3.63, 3.8) is 0 Å². The van der Waals surface area contributed by atoms with Crippen LogP contribution < -0.4 is 5.73 Å². The summed E-state index contributed by atoms with van der Waals surface area (Å²) in [5.41, 5.74) is 9.21.